The van der Waals surface area contributed by atoms with E-state index in [9.17, 15) is 4.39 Å². The second-order valence-corrected chi connectivity index (χ2v) is 7.84. The van der Waals surface area contributed by atoms with Crippen molar-refractivity contribution in [2.75, 3.05) is 37.6 Å². The maximum absolute atomic E-state index is 14.5. The number of halogens is 2. The zero-order valence-electron chi connectivity index (χ0n) is 18.1. The van der Waals surface area contributed by atoms with Gasteiger partial charge in [0.05, 0.1) is 12.2 Å². The number of likely N-dealkylation sites (tertiary alicyclic amines) is 1. The molecule has 1 aliphatic carbocycles. The van der Waals surface area contributed by atoms with Crippen molar-refractivity contribution in [3.05, 3.63) is 29.6 Å². The van der Waals surface area contributed by atoms with Gasteiger partial charge in [-0.2, -0.15) is 0 Å². The van der Waals surface area contributed by atoms with Crippen LogP contribution in [0.5, 0.6) is 0 Å². The summed E-state index contributed by atoms with van der Waals surface area (Å²) in [5, 5.41) is 6.91. The van der Waals surface area contributed by atoms with E-state index in [0.717, 1.165) is 50.0 Å². The molecule has 1 aliphatic heterocycles. The van der Waals surface area contributed by atoms with Crippen LogP contribution in [0.15, 0.2) is 23.2 Å². The minimum absolute atomic E-state index is 0. The van der Waals surface area contributed by atoms with Gasteiger partial charge in [0.1, 0.15) is 5.82 Å². The largest absolute Gasteiger partial charge is 0.370 e. The highest BCUT2D eigenvalue weighted by atomic mass is 127. The third-order valence-corrected chi connectivity index (χ3v) is 5.81. The second kappa shape index (κ2) is 11.9. The third kappa shape index (κ3) is 6.98. The Morgan fingerprint density at radius 1 is 1.14 bits per heavy atom. The van der Waals surface area contributed by atoms with Gasteiger partial charge in [-0.1, -0.05) is 6.07 Å². The molecule has 0 atom stereocenters. The van der Waals surface area contributed by atoms with Crippen molar-refractivity contribution in [2.45, 2.75) is 65.1 Å². The van der Waals surface area contributed by atoms with Crippen LogP contribution >= 0.6 is 24.0 Å². The lowest BCUT2D eigenvalue weighted by atomic mass is 10.1. The Morgan fingerprint density at radius 2 is 1.83 bits per heavy atom. The average Bonchev–Trinajstić information content (AvgIpc) is 3.54. The quantitative estimate of drug-likeness (QED) is 0.311. The molecule has 29 heavy (non-hydrogen) atoms. The molecule has 0 spiro atoms. The number of nitrogens with one attached hydrogen (secondary N) is 2. The predicted octanol–water partition coefficient (Wildman–Crippen LogP) is 3.97. The van der Waals surface area contributed by atoms with Crippen molar-refractivity contribution in [3.63, 3.8) is 0 Å². The highest BCUT2D eigenvalue weighted by Gasteiger charge is 2.31. The number of guanidine groups is 1. The molecule has 2 fully saturated rings. The molecule has 1 saturated heterocycles. The first-order valence-corrected chi connectivity index (χ1v) is 11.0. The van der Waals surface area contributed by atoms with E-state index in [4.69, 9.17) is 4.99 Å². The monoisotopic (exact) mass is 517 g/mol. The molecule has 2 N–H and O–H groups in total. The summed E-state index contributed by atoms with van der Waals surface area (Å²) in [6, 6.07) is 6.81. The lowest BCUT2D eigenvalue weighted by Crippen LogP contribution is -2.49. The van der Waals surface area contributed by atoms with E-state index >= 15 is 0 Å². The van der Waals surface area contributed by atoms with Crippen molar-refractivity contribution in [3.8, 4) is 0 Å². The highest BCUT2D eigenvalue weighted by Crippen LogP contribution is 2.29. The fourth-order valence-corrected chi connectivity index (χ4v) is 4.00. The van der Waals surface area contributed by atoms with Crippen molar-refractivity contribution >= 4 is 35.6 Å². The first kappa shape index (κ1) is 24.2. The van der Waals surface area contributed by atoms with Gasteiger partial charge in [0, 0.05) is 44.8 Å². The van der Waals surface area contributed by atoms with Crippen LogP contribution in [0.1, 0.15) is 52.0 Å². The molecule has 2 aliphatic rings. The topological polar surface area (TPSA) is 42.9 Å². The summed E-state index contributed by atoms with van der Waals surface area (Å²) in [6.07, 6.45) is 5.08. The molecular formula is C22H37FIN5. The second-order valence-electron chi connectivity index (χ2n) is 7.84. The van der Waals surface area contributed by atoms with Crippen LogP contribution in [0.4, 0.5) is 10.1 Å². The Hall–Kier alpha value is -1.09. The van der Waals surface area contributed by atoms with Crippen molar-refractivity contribution < 1.29 is 4.39 Å². The van der Waals surface area contributed by atoms with Crippen LogP contribution < -0.4 is 15.5 Å². The summed E-state index contributed by atoms with van der Waals surface area (Å²) >= 11 is 0. The van der Waals surface area contributed by atoms with E-state index in [0.29, 0.717) is 18.3 Å². The van der Waals surface area contributed by atoms with E-state index in [1.807, 2.05) is 30.9 Å². The molecule has 5 nitrogen and oxygen atoms in total. The van der Waals surface area contributed by atoms with Crippen LogP contribution in [0, 0.1) is 5.82 Å². The summed E-state index contributed by atoms with van der Waals surface area (Å²) in [4.78, 5) is 9.36. The van der Waals surface area contributed by atoms with Gasteiger partial charge in [0.15, 0.2) is 5.96 Å². The average molecular weight is 517 g/mol. The molecule has 3 rings (SSSR count). The molecule has 1 heterocycles. The Balaban J connectivity index is 0.00000300. The lowest BCUT2D eigenvalue weighted by molar-refractivity contribution is 0.197. The first-order valence-electron chi connectivity index (χ1n) is 11.0. The Bertz CT molecular complexity index is 653. The standard InChI is InChI=1S/C22H36FN5.HI/c1-4-24-22(26-18-11-13-28(14-12-18)19-8-9-19)25-16-17-7-10-21(20(23)15-17)27(5-2)6-3;/h7,10,15,18-19H,4-6,8-9,11-14,16H2,1-3H3,(H2,24,25,26);1H. The molecule has 1 saturated carbocycles. The van der Waals surface area contributed by atoms with Gasteiger partial charge in [0.2, 0.25) is 0 Å². The normalized spacial score (nSPS) is 18.3. The van der Waals surface area contributed by atoms with Crippen molar-refractivity contribution in [2.24, 2.45) is 4.99 Å². The van der Waals surface area contributed by atoms with Crippen LogP contribution in [0.2, 0.25) is 0 Å². The van der Waals surface area contributed by atoms with Gasteiger partial charge in [0.25, 0.3) is 0 Å². The summed E-state index contributed by atoms with van der Waals surface area (Å²) in [5.74, 6) is 0.669. The number of nitrogens with zero attached hydrogens (tertiary/aromatic N) is 3. The summed E-state index contributed by atoms with van der Waals surface area (Å²) < 4.78 is 14.5. The molecule has 0 unspecified atom stereocenters. The number of hydrogen-bond donors (Lipinski definition) is 2. The molecule has 0 aromatic heterocycles. The molecular weight excluding hydrogens is 480 g/mol. The molecule has 1 aromatic rings. The summed E-state index contributed by atoms with van der Waals surface area (Å²) in [7, 11) is 0. The Morgan fingerprint density at radius 3 is 2.38 bits per heavy atom. The molecule has 1 aromatic carbocycles. The van der Waals surface area contributed by atoms with Gasteiger partial charge in [-0.05, 0) is 64.2 Å². The number of benzene rings is 1. The highest BCUT2D eigenvalue weighted by molar-refractivity contribution is 14.0. The van der Waals surface area contributed by atoms with Crippen molar-refractivity contribution in [1.82, 2.24) is 15.5 Å². The van der Waals surface area contributed by atoms with Gasteiger partial charge in [-0.15, -0.1) is 24.0 Å². The zero-order valence-corrected chi connectivity index (χ0v) is 20.4. The van der Waals surface area contributed by atoms with Crippen molar-refractivity contribution in [1.29, 1.82) is 0 Å². The third-order valence-electron chi connectivity index (χ3n) is 5.81. The lowest BCUT2D eigenvalue weighted by Gasteiger charge is -2.33. The number of aliphatic imine (C=N–C) groups is 1. The fourth-order valence-electron chi connectivity index (χ4n) is 4.00. The fraction of sp³-hybridized carbons (Fsp3) is 0.682. The summed E-state index contributed by atoms with van der Waals surface area (Å²) in [5.41, 5.74) is 1.57. The van der Waals surface area contributed by atoms with Crippen LogP contribution in [0.3, 0.4) is 0 Å². The van der Waals surface area contributed by atoms with E-state index in [1.54, 1.807) is 6.07 Å². The smallest absolute Gasteiger partial charge is 0.191 e. The number of hydrogen-bond acceptors (Lipinski definition) is 3. The van der Waals surface area contributed by atoms with Gasteiger partial charge in [-0.25, -0.2) is 9.38 Å². The maximum atomic E-state index is 14.5. The molecule has 0 bridgehead atoms. The minimum Gasteiger partial charge on any atom is -0.370 e. The predicted molar refractivity (Wildman–Crippen MR) is 131 cm³/mol. The number of anilines is 1. The maximum Gasteiger partial charge on any atom is 0.191 e. The van der Waals surface area contributed by atoms with Gasteiger partial charge in [-0.3, -0.25) is 0 Å². The SMILES string of the molecule is CCNC(=NCc1ccc(N(CC)CC)c(F)c1)NC1CCN(C2CC2)CC1.I. The molecule has 7 heteroatoms. The first-order chi connectivity index (χ1) is 13.6. The van der Waals surface area contributed by atoms with Crippen LogP contribution in [-0.2, 0) is 6.54 Å². The molecule has 0 amide bonds. The minimum atomic E-state index is -0.165. The van der Waals surface area contributed by atoms with E-state index in [2.05, 4.69) is 22.5 Å². The molecule has 164 valence electrons. The van der Waals surface area contributed by atoms with Gasteiger partial charge < -0.3 is 20.4 Å². The molecule has 0 radical (unpaired) electrons. The Labute approximate surface area is 192 Å². The van der Waals surface area contributed by atoms with E-state index in [1.165, 1.54) is 25.9 Å². The van der Waals surface area contributed by atoms with Crippen LogP contribution in [0.25, 0.3) is 0 Å². The zero-order chi connectivity index (χ0) is 19.9. The Kier molecular flexibility index (Phi) is 9.95. The van der Waals surface area contributed by atoms with Gasteiger partial charge >= 0.3 is 0 Å². The summed E-state index contributed by atoms with van der Waals surface area (Å²) in [6.45, 7) is 11.4. The van der Waals surface area contributed by atoms with E-state index < -0.39 is 0 Å². The van der Waals surface area contributed by atoms with Crippen LogP contribution in [-0.4, -0.2) is 55.7 Å². The van der Waals surface area contributed by atoms with E-state index in [-0.39, 0.29) is 29.8 Å². The number of piperidine rings is 1. The number of rotatable bonds is 8.